The Bertz CT molecular complexity index is 798. The summed E-state index contributed by atoms with van der Waals surface area (Å²) in [5.41, 5.74) is 4.21. The van der Waals surface area contributed by atoms with E-state index in [1.54, 1.807) is 11.9 Å². The van der Waals surface area contributed by atoms with Crippen LogP contribution < -0.4 is 4.74 Å². The highest BCUT2D eigenvalue weighted by Gasteiger charge is 2.44. The number of amides is 1. The van der Waals surface area contributed by atoms with Crippen molar-refractivity contribution in [2.75, 3.05) is 6.61 Å². The molecule has 116 valence electrons. The van der Waals surface area contributed by atoms with Crippen LogP contribution in [0.5, 0.6) is 5.75 Å². The predicted octanol–water partition coefficient (Wildman–Crippen LogP) is 3.31. The lowest BCUT2D eigenvalue weighted by molar-refractivity contribution is -0.131. The molecule has 0 N–H and O–H groups in total. The van der Waals surface area contributed by atoms with Gasteiger partial charge < -0.3 is 4.74 Å². The van der Waals surface area contributed by atoms with Crippen molar-refractivity contribution in [2.45, 2.75) is 19.9 Å². The normalized spacial score (nSPS) is 22.0. The van der Waals surface area contributed by atoms with Crippen LogP contribution in [0.15, 0.2) is 53.6 Å². The SMILES string of the molecule is CC(=O)N1N=C2c3cc(C)ccc3OC[C@H]2[C@H]1c1ccccc1. The van der Waals surface area contributed by atoms with Crippen molar-refractivity contribution in [3.8, 4) is 5.75 Å². The van der Waals surface area contributed by atoms with Crippen LogP contribution in [0.25, 0.3) is 0 Å². The number of benzene rings is 2. The number of aryl methyl sites for hydroxylation is 1. The molecule has 0 aliphatic carbocycles. The Labute approximate surface area is 135 Å². The highest BCUT2D eigenvalue weighted by atomic mass is 16.5. The number of fused-ring (bicyclic) bond motifs is 3. The van der Waals surface area contributed by atoms with Gasteiger partial charge in [-0.2, -0.15) is 5.10 Å². The van der Waals surface area contributed by atoms with Crippen LogP contribution >= 0.6 is 0 Å². The Kier molecular flexibility index (Phi) is 3.18. The van der Waals surface area contributed by atoms with Gasteiger partial charge in [0.2, 0.25) is 5.91 Å². The zero-order valence-corrected chi connectivity index (χ0v) is 13.2. The van der Waals surface area contributed by atoms with Crippen LogP contribution in [0.3, 0.4) is 0 Å². The van der Waals surface area contributed by atoms with Crippen molar-refractivity contribution in [1.82, 2.24) is 5.01 Å². The molecule has 23 heavy (non-hydrogen) atoms. The molecule has 0 saturated heterocycles. The first-order valence-electron chi connectivity index (χ1n) is 7.82. The summed E-state index contributed by atoms with van der Waals surface area (Å²) in [6.07, 6.45) is 0. The molecule has 4 heteroatoms. The number of rotatable bonds is 1. The molecule has 0 fully saturated rings. The van der Waals surface area contributed by atoms with Crippen LogP contribution in [0.4, 0.5) is 0 Å². The second kappa shape index (κ2) is 5.23. The lowest BCUT2D eigenvalue weighted by atomic mass is 9.85. The minimum Gasteiger partial charge on any atom is -0.492 e. The van der Waals surface area contributed by atoms with E-state index in [1.165, 1.54) is 0 Å². The highest BCUT2D eigenvalue weighted by molar-refractivity contribution is 6.07. The predicted molar refractivity (Wildman–Crippen MR) is 88.4 cm³/mol. The number of hydrogen-bond acceptors (Lipinski definition) is 3. The molecule has 0 spiro atoms. The number of hydrogen-bond donors (Lipinski definition) is 0. The molecule has 4 nitrogen and oxygen atoms in total. The summed E-state index contributed by atoms with van der Waals surface area (Å²) < 4.78 is 5.95. The quantitative estimate of drug-likeness (QED) is 0.811. The van der Waals surface area contributed by atoms with Crippen molar-refractivity contribution in [3.63, 3.8) is 0 Å². The van der Waals surface area contributed by atoms with Gasteiger partial charge in [-0.25, -0.2) is 5.01 Å². The molecular weight excluding hydrogens is 288 g/mol. The minimum atomic E-state index is -0.0997. The summed E-state index contributed by atoms with van der Waals surface area (Å²) in [6.45, 7) is 4.16. The fourth-order valence-corrected chi connectivity index (χ4v) is 3.44. The standard InChI is InChI=1S/C19H18N2O2/c1-12-8-9-17-15(10-12)18-16(11-23-17)19(21(20-18)13(2)22)14-6-4-3-5-7-14/h3-10,16,19H,11H2,1-2H3/t16-,19-/m1/s1. The van der Waals surface area contributed by atoms with Crippen LogP contribution in [0.1, 0.15) is 29.7 Å². The van der Waals surface area contributed by atoms with Crippen molar-refractivity contribution in [3.05, 3.63) is 65.2 Å². The molecule has 0 unspecified atom stereocenters. The monoisotopic (exact) mass is 306 g/mol. The zero-order chi connectivity index (χ0) is 16.0. The van der Waals surface area contributed by atoms with Crippen molar-refractivity contribution in [1.29, 1.82) is 0 Å². The van der Waals surface area contributed by atoms with E-state index in [2.05, 4.69) is 18.1 Å². The molecule has 2 atom stereocenters. The lowest BCUT2D eigenvalue weighted by Gasteiger charge is -2.29. The Morgan fingerprint density at radius 2 is 2.00 bits per heavy atom. The van der Waals surface area contributed by atoms with Crippen LogP contribution in [-0.2, 0) is 4.79 Å². The van der Waals surface area contributed by atoms with Crippen LogP contribution in [0.2, 0.25) is 0 Å². The third kappa shape index (κ3) is 2.22. The highest BCUT2D eigenvalue weighted by Crippen LogP contribution is 2.42. The minimum absolute atomic E-state index is 0.0463. The second-order valence-electron chi connectivity index (χ2n) is 6.12. The van der Waals surface area contributed by atoms with Gasteiger partial charge in [0.05, 0.1) is 24.3 Å². The van der Waals surface area contributed by atoms with Gasteiger partial charge in [-0.3, -0.25) is 4.79 Å². The zero-order valence-electron chi connectivity index (χ0n) is 13.2. The molecule has 2 aromatic rings. The smallest absolute Gasteiger partial charge is 0.240 e. The number of ether oxygens (including phenoxy) is 1. The first-order valence-corrected chi connectivity index (χ1v) is 7.82. The van der Waals surface area contributed by atoms with E-state index >= 15 is 0 Å². The molecule has 0 aromatic heterocycles. The first kappa shape index (κ1) is 14.0. The Morgan fingerprint density at radius 1 is 1.22 bits per heavy atom. The van der Waals surface area contributed by atoms with Gasteiger partial charge in [-0.1, -0.05) is 42.0 Å². The molecule has 0 bridgehead atoms. The third-order valence-corrected chi connectivity index (χ3v) is 4.50. The maximum absolute atomic E-state index is 12.1. The topological polar surface area (TPSA) is 41.9 Å². The second-order valence-corrected chi connectivity index (χ2v) is 6.12. The molecule has 2 aliphatic rings. The summed E-state index contributed by atoms with van der Waals surface area (Å²) in [5.74, 6) is 0.869. The Morgan fingerprint density at radius 3 is 2.74 bits per heavy atom. The fraction of sp³-hybridized carbons (Fsp3) is 0.263. The number of carbonyl (C=O) groups is 1. The van der Waals surface area contributed by atoms with Crippen molar-refractivity contribution in [2.24, 2.45) is 11.0 Å². The van der Waals surface area contributed by atoms with Gasteiger partial charge in [0, 0.05) is 12.5 Å². The molecule has 0 radical (unpaired) electrons. The van der Waals surface area contributed by atoms with Gasteiger partial charge in [0.15, 0.2) is 0 Å². The molecule has 4 rings (SSSR count). The largest absolute Gasteiger partial charge is 0.492 e. The number of hydrazone groups is 1. The lowest BCUT2D eigenvalue weighted by Crippen LogP contribution is -2.34. The molecule has 1 amide bonds. The summed E-state index contributed by atoms with van der Waals surface area (Å²) in [6, 6.07) is 16.1. The third-order valence-electron chi connectivity index (χ3n) is 4.50. The average Bonchev–Trinajstić information content (AvgIpc) is 2.96. The summed E-state index contributed by atoms with van der Waals surface area (Å²) in [4.78, 5) is 12.1. The van der Waals surface area contributed by atoms with Crippen molar-refractivity contribution < 1.29 is 9.53 Å². The molecule has 2 aliphatic heterocycles. The fourth-order valence-electron chi connectivity index (χ4n) is 3.44. The van der Waals surface area contributed by atoms with E-state index in [9.17, 15) is 4.79 Å². The van der Waals surface area contributed by atoms with Crippen LogP contribution in [-0.4, -0.2) is 23.2 Å². The first-order chi connectivity index (χ1) is 11.1. The summed E-state index contributed by atoms with van der Waals surface area (Å²) in [5, 5.41) is 6.28. The van der Waals surface area contributed by atoms with Gasteiger partial charge in [-0.15, -0.1) is 0 Å². The molecule has 2 aromatic carbocycles. The molecule has 0 saturated carbocycles. The van der Waals surface area contributed by atoms with Gasteiger partial charge in [-0.05, 0) is 24.6 Å². The van der Waals surface area contributed by atoms with Gasteiger partial charge >= 0.3 is 0 Å². The Balaban J connectivity index is 1.83. The molecular formula is C19H18N2O2. The van der Waals surface area contributed by atoms with E-state index in [1.807, 2.05) is 42.5 Å². The maximum Gasteiger partial charge on any atom is 0.240 e. The van der Waals surface area contributed by atoms with E-state index < -0.39 is 0 Å². The summed E-state index contributed by atoms with van der Waals surface area (Å²) in [7, 11) is 0. The van der Waals surface area contributed by atoms with Gasteiger partial charge in [0.25, 0.3) is 0 Å². The van der Waals surface area contributed by atoms with Crippen LogP contribution in [0, 0.1) is 12.8 Å². The maximum atomic E-state index is 12.1. The Hall–Kier alpha value is -2.62. The number of nitrogens with zero attached hydrogens (tertiary/aromatic N) is 2. The average molecular weight is 306 g/mol. The van der Waals surface area contributed by atoms with E-state index in [4.69, 9.17) is 4.74 Å². The van der Waals surface area contributed by atoms with E-state index in [-0.39, 0.29) is 17.9 Å². The molecule has 2 heterocycles. The van der Waals surface area contributed by atoms with Crippen molar-refractivity contribution >= 4 is 11.6 Å². The number of carbonyl (C=O) groups excluding carboxylic acids is 1. The van der Waals surface area contributed by atoms with Gasteiger partial charge in [0.1, 0.15) is 5.75 Å². The van der Waals surface area contributed by atoms with E-state index in [0.717, 1.165) is 28.2 Å². The summed E-state index contributed by atoms with van der Waals surface area (Å²) >= 11 is 0. The van der Waals surface area contributed by atoms with E-state index in [0.29, 0.717) is 6.61 Å².